The number of carbonyl (C=O) groups is 2. The van der Waals surface area contributed by atoms with E-state index < -0.39 is 15.9 Å². The number of piperazine rings is 1. The highest BCUT2D eigenvalue weighted by Gasteiger charge is 2.31. The molecule has 0 bridgehead atoms. The molecule has 0 spiro atoms. The third kappa shape index (κ3) is 5.15. The van der Waals surface area contributed by atoms with Crippen molar-refractivity contribution in [2.45, 2.75) is 19.4 Å². The van der Waals surface area contributed by atoms with E-state index in [2.05, 4.69) is 10.6 Å². The van der Waals surface area contributed by atoms with Gasteiger partial charge < -0.3 is 15.5 Å². The first-order valence-electron chi connectivity index (χ1n) is 6.30. The minimum Gasteiger partial charge on any atom is -0.355 e. The van der Waals surface area contributed by atoms with E-state index in [1.54, 1.807) is 0 Å². The fourth-order valence-electron chi connectivity index (χ4n) is 1.95. The highest BCUT2D eigenvalue weighted by molar-refractivity contribution is 7.90. The van der Waals surface area contributed by atoms with Crippen LogP contribution in [0.3, 0.4) is 0 Å². The van der Waals surface area contributed by atoms with Crippen LogP contribution in [0.2, 0.25) is 0 Å². The van der Waals surface area contributed by atoms with Gasteiger partial charge in [0.1, 0.15) is 15.9 Å². The van der Waals surface area contributed by atoms with Gasteiger partial charge in [0.05, 0.1) is 5.75 Å². The van der Waals surface area contributed by atoms with E-state index in [-0.39, 0.29) is 24.0 Å². The summed E-state index contributed by atoms with van der Waals surface area (Å²) >= 11 is 0. The topological polar surface area (TPSA) is 95.6 Å². The van der Waals surface area contributed by atoms with Crippen molar-refractivity contribution in [1.82, 2.24) is 15.5 Å². The summed E-state index contributed by atoms with van der Waals surface area (Å²) in [5.74, 6) is -0.677. The summed E-state index contributed by atoms with van der Waals surface area (Å²) in [6, 6.07) is -0.555. The van der Waals surface area contributed by atoms with Crippen LogP contribution in [0.4, 0.5) is 0 Å². The predicted molar refractivity (Wildman–Crippen MR) is 71.4 cm³/mol. The van der Waals surface area contributed by atoms with Gasteiger partial charge in [0, 0.05) is 38.9 Å². The largest absolute Gasteiger partial charge is 0.355 e. The number of sulfone groups is 1. The summed E-state index contributed by atoms with van der Waals surface area (Å²) in [5.41, 5.74) is 0. The molecule has 1 unspecified atom stereocenters. The fourth-order valence-corrected chi connectivity index (χ4v) is 2.49. The molecule has 0 aromatic heterocycles. The van der Waals surface area contributed by atoms with Crippen LogP contribution in [0.1, 0.15) is 13.3 Å². The lowest BCUT2D eigenvalue weighted by atomic mass is 10.1. The molecule has 0 saturated carbocycles. The van der Waals surface area contributed by atoms with Crippen molar-refractivity contribution < 1.29 is 18.0 Å². The average molecular weight is 291 g/mol. The number of amides is 2. The smallest absolute Gasteiger partial charge is 0.244 e. The van der Waals surface area contributed by atoms with Gasteiger partial charge in [-0.1, -0.05) is 0 Å². The molecule has 0 aromatic rings. The number of nitrogens with zero attached hydrogens (tertiary/aromatic N) is 1. The molecule has 1 fully saturated rings. The van der Waals surface area contributed by atoms with Gasteiger partial charge in [-0.05, 0) is 6.92 Å². The summed E-state index contributed by atoms with van der Waals surface area (Å²) in [6.07, 6.45) is 1.02. The molecule has 1 aliphatic rings. The van der Waals surface area contributed by atoms with Crippen LogP contribution >= 0.6 is 0 Å². The standard InChI is InChI=1S/C11H21N3O4S/c1-3-13-11(16)9-8-12-5-6-14(9)10(15)4-7-19(2,17)18/h9,12H,3-8H2,1-2H3,(H,13,16). The maximum Gasteiger partial charge on any atom is 0.244 e. The van der Waals surface area contributed by atoms with E-state index in [0.29, 0.717) is 26.2 Å². The third-order valence-electron chi connectivity index (χ3n) is 2.90. The minimum absolute atomic E-state index is 0.0747. The lowest BCUT2D eigenvalue weighted by Gasteiger charge is -2.35. The molecule has 1 rings (SSSR count). The maximum absolute atomic E-state index is 12.0. The molecule has 1 aliphatic heterocycles. The summed E-state index contributed by atoms with van der Waals surface area (Å²) in [7, 11) is -3.17. The molecular weight excluding hydrogens is 270 g/mol. The van der Waals surface area contributed by atoms with E-state index in [1.165, 1.54) is 4.90 Å². The Morgan fingerprint density at radius 2 is 2.11 bits per heavy atom. The number of likely N-dealkylation sites (N-methyl/N-ethyl adjacent to an activating group) is 1. The Kier molecular flexibility index (Phi) is 5.74. The molecule has 0 aliphatic carbocycles. The van der Waals surface area contributed by atoms with Crippen molar-refractivity contribution in [3.05, 3.63) is 0 Å². The third-order valence-corrected chi connectivity index (χ3v) is 3.85. The van der Waals surface area contributed by atoms with Crippen molar-refractivity contribution in [2.24, 2.45) is 0 Å². The second-order valence-corrected chi connectivity index (χ2v) is 6.84. The van der Waals surface area contributed by atoms with Crippen LogP contribution in [0.5, 0.6) is 0 Å². The second kappa shape index (κ2) is 6.85. The van der Waals surface area contributed by atoms with Crippen LogP contribution < -0.4 is 10.6 Å². The highest BCUT2D eigenvalue weighted by atomic mass is 32.2. The normalized spacial score (nSPS) is 20.1. The van der Waals surface area contributed by atoms with Gasteiger partial charge in [-0.2, -0.15) is 0 Å². The monoisotopic (exact) mass is 291 g/mol. The van der Waals surface area contributed by atoms with Crippen molar-refractivity contribution in [3.8, 4) is 0 Å². The molecule has 0 radical (unpaired) electrons. The average Bonchev–Trinajstić information content (AvgIpc) is 2.35. The van der Waals surface area contributed by atoms with Crippen molar-refractivity contribution in [1.29, 1.82) is 0 Å². The number of rotatable bonds is 5. The van der Waals surface area contributed by atoms with Crippen molar-refractivity contribution in [3.63, 3.8) is 0 Å². The Balaban J connectivity index is 2.65. The van der Waals surface area contributed by atoms with E-state index in [9.17, 15) is 18.0 Å². The molecule has 110 valence electrons. The van der Waals surface area contributed by atoms with Gasteiger partial charge in [-0.15, -0.1) is 0 Å². The Morgan fingerprint density at radius 1 is 1.42 bits per heavy atom. The summed E-state index contributed by atoms with van der Waals surface area (Å²) in [6.45, 7) is 3.74. The second-order valence-electron chi connectivity index (χ2n) is 4.58. The van der Waals surface area contributed by atoms with Crippen molar-refractivity contribution in [2.75, 3.05) is 38.2 Å². The predicted octanol–water partition coefficient (Wildman–Crippen LogP) is -1.64. The van der Waals surface area contributed by atoms with Gasteiger partial charge in [0.2, 0.25) is 11.8 Å². The summed E-state index contributed by atoms with van der Waals surface area (Å²) in [5, 5.41) is 5.74. The first kappa shape index (κ1) is 15.9. The number of carbonyl (C=O) groups excluding carboxylic acids is 2. The van der Waals surface area contributed by atoms with Gasteiger partial charge >= 0.3 is 0 Å². The van der Waals surface area contributed by atoms with E-state index >= 15 is 0 Å². The molecule has 2 amide bonds. The summed E-state index contributed by atoms with van der Waals surface area (Å²) < 4.78 is 22.1. The zero-order chi connectivity index (χ0) is 14.5. The zero-order valence-electron chi connectivity index (χ0n) is 11.3. The first-order valence-corrected chi connectivity index (χ1v) is 8.37. The van der Waals surface area contributed by atoms with Crippen LogP contribution in [0.15, 0.2) is 0 Å². The van der Waals surface area contributed by atoms with E-state index in [1.807, 2.05) is 6.92 Å². The molecule has 19 heavy (non-hydrogen) atoms. The quantitative estimate of drug-likeness (QED) is 0.633. The van der Waals surface area contributed by atoms with Crippen LogP contribution in [0.25, 0.3) is 0 Å². The Labute approximate surface area is 113 Å². The van der Waals surface area contributed by atoms with Gasteiger partial charge in [0.15, 0.2) is 0 Å². The number of nitrogens with one attached hydrogen (secondary N) is 2. The van der Waals surface area contributed by atoms with Crippen molar-refractivity contribution >= 4 is 21.7 Å². The summed E-state index contributed by atoms with van der Waals surface area (Å²) in [4.78, 5) is 25.3. The molecule has 7 nitrogen and oxygen atoms in total. The molecule has 1 saturated heterocycles. The molecule has 1 heterocycles. The highest BCUT2D eigenvalue weighted by Crippen LogP contribution is 2.07. The lowest BCUT2D eigenvalue weighted by molar-refractivity contribution is -0.141. The zero-order valence-corrected chi connectivity index (χ0v) is 12.1. The van der Waals surface area contributed by atoms with Crippen LogP contribution in [0, 0.1) is 0 Å². The molecule has 2 N–H and O–H groups in total. The van der Waals surface area contributed by atoms with Crippen LogP contribution in [-0.2, 0) is 19.4 Å². The van der Waals surface area contributed by atoms with Crippen LogP contribution in [-0.4, -0.2) is 69.4 Å². The van der Waals surface area contributed by atoms with E-state index in [0.717, 1.165) is 6.26 Å². The Hall–Kier alpha value is -1.15. The molecular formula is C11H21N3O4S. The van der Waals surface area contributed by atoms with Gasteiger partial charge in [0.25, 0.3) is 0 Å². The number of hydrogen-bond acceptors (Lipinski definition) is 5. The maximum atomic E-state index is 12.0. The molecule has 0 aromatic carbocycles. The SMILES string of the molecule is CCNC(=O)C1CNCCN1C(=O)CCS(C)(=O)=O. The lowest BCUT2D eigenvalue weighted by Crippen LogP contribution is -2.59. The number of hydrogen-bond donors (Lipinski definition) is 2. The Bertz CT molecular complexity index is 435. The molecule has 1 atom stereocenters. The first-order chi connectivity index (χ1) is 8.85. The fraction of sp³-hybridized carbons (Fsp3) is 0.818. The Morgan fingerprint density at radius 3 is 2.68 bits per heavy atom. The van der Waals surface area contributed by atoms with E-state index in [4.69, 9.17) is 0 Å². The minimum atomic E-state index is -3.17. The van der Waals surface area contributed by atoms with Gasteiger partial charge in [-0.3, -0.25) is 9.59 Å². The van der Waals surface area contributed by atoms with Gasteiger partial charge in [-0.25, -0.2) is 8.42 Å². The molecule has 8 heteroatoms.